The average Bonchev–Trinajstić information content (AvgIpc) is 3.04. The predicted molar refractivity (Wildman–Crippen MR) is 110 cm³/mol. The van der Waals surface area contributed by atoms with Crippen molar-refractivity contribution in [1.82, 2.24) is 0 Å². The average molecular weight is 442 g/mol. The summed E-state index contributed by atoms with van der Waals surface area (Å²) in [7, 11) is 0. The molecule has 0 nitrogen and oxygen atoms in total. The Morgan fingerprint density at radius 1 is 0.708 bits per heavy atom. The van der Waals surface area contributed by atoms with Crippen LogP contribution in [0.5, 0.6) is 0 Å². The number of hydrogen-bond acceptors (Lipinski definition) is 0. The number of rotatable bonds is 2. The summed E-state index contributed by atoms with van der Waals surface area (Å²) in [6, 6.07) is 13.0. The minimum absolute atomic E-state index is 0.376. The molecule has 0 fully saturated rings. The summed E-state index contributed by atoms with van der Waals surface area (Å²) in [5.41, 5.74) is 8.25. The quantitative estimate of drug-likeness (QED) is 0.424. The fourth-order valence-electron chi connectivity index (χ4n) is 3.81. The standard InChI is InChI=1S/C22H18Br2/c1-13-11-19-17(5-3-7-21(19)23)15(13)9-10-16-14(2)12-20-18(16)6-4-8-22(20)24/h3-12,15-16H,1-2H3/b10-9+. The van der Waals surface area contributed by atoms with Crippen molar-refractivity contribution in [1.29, 1.82) is 0 Å². The molecule has 2 aliphatic rings. The summed E-state index contributed by atoms with van der Waals surface area (Å²) in [5.74, 6) is 0.753. The maximum absolute atomic E-state index is 3.68. The lowest BCUT2D eigenvalue weighted by Gasteiger charge is -2.14. The van der Waals surface area contributed by atoms with E-state index in [-0.39, 0.29) is 0 Å². The molecule has 0 bridgehead atoms. The van der Waals surface area contributed by atoms with Crippen molar-refractivity contribution in [2.75, 3.05) is 0 Å². The molecule has 0 aliphatic heterocycles. The summed E-state index contributed by atoms with van der Waals surface area (Å²) in [5, 5.41) is 0. The van der Waals surface area contributed by atoms with Crippen molar-refractivity contribution < 1.29 is 0 Å². The monoisotopic (exact) mass is 440 g/mol. The third-order valence-corrected chi connectivity index (χ3v) is 6.45. The van der Waals surface area contributed by atoms with Crippen LogP contribution in [-0.2, 0) is 0 Å². The van der Waals surface area contributed by atoms with E-state index < -0.39 is 0 Å². The molecule has 4 rings (SSSR count). The zero-order valence-electron chi connectivity index (χ0n) is 13.7. The van der Waals surface area contributed by atoms with Crippen molar-refractivity contribution in [3.63, 3.8) is 0 Å². The van der Waals surface area contributed by atoms with E-state index in [1.165, 1.54) is 42.3 Å². The summed E-state index contributed by atoms with van der Waals surface area (Å²) >= 11 is 7.35. The van der Waals surface area contributed by atoms with Crippen LogP contribution in [0.15, 0.2) is 68.6 Å². The topological polar surface area (TPSA) is 0 Å². The maximum atomic E-state index is 3.68. The van der Waals surface area contributed by atoms with E-state index in [1.54, 1.807) is 0 Å². The van der Waals surface area contributed by atoms with E-state index in [0.717, 1.165) is 0 Å². The summed E-state index contributed by atoms with van der Waals surface area (Å²) < 4.78 is 2.36. The number of allylic oxidation sites excluding steroid dienone is 4. The zero-order valence-corrected chi connectivity index (χ0v) is 16.9. The molecule has 2 heteroatoms. The molecular formula is C22H18Br2. The van der Waals surface area contributed by atoms with Gasteiger partial charge in [-0.3, -0.25) is 0 Å². The van der Waals surface area contributed by atoms with Crippen LogP contribution in [0.3, 0.4) is 0 Å². The Labute approximate surface area is 160 Å². The van der Waals surface area contributed by atoms with Gasteiger partial charge in [0.2, 0.25) is 0 Å². The molecule has 2 aromatic carbocycles. The third-order valence-electron chi connectivity index (χ3n) is 5.06. The summed E-state index contributed by atoms with van der Waals surface area (Å²) in [4.78, 5) is 0. The SMILES string of the molecule is CC1=Cc2c(Br)cccc2C1/C=C/C1C(C)=Cc2c(Br)cccc21. The van der Waals surface area contributed by atoms with Gasteiger partial charge in [0, 0.05) is 20.8 Å². The van der Waals surface area contributed by atoms with Gasteiger partial charge in [0.05, 0.1) is 0 Å². The summed E-state index contributed by atoms with van der Waals surface area (Å²) in [6.45, 7) is 4.45. The van der Waals surface area contributed by atoms with Gasteiger partial charge >= 0.3 is 0 Å². The minimum atomic E-state index is 0.376. The number of fused-ring (bicyclic) bond motifs is 2. The highest BCUT2D eigenvalue weighted by Crippen LogP contribution is 2.43. The Kier molecular flexibility index (Phi) is 4.14. The normalized spacial score (nSPS) is 21.7. The van der Waals surface area contributed by atoms with E-state index in [9.17, 15) is 0 Å². The Morgan fingerprint density at radius 3 is 1.54 bits per heavy atom. The zero-order chi connectivity index (χ0) is 16.8. The molecule has 0 spiro atoms. The minimum Gasteiger partial charge on any atom is -0.0760 e. The van der Waals surface area contributed by atoms with Gasteiger partial charge in [0.15, 0.2) is 0 Å². The molecule has 2 atom stereocenters. The van der Waals surface area contributed by atoms with Crippen LogP contribution in [0.2, 0.25) is 0 Å². The molecular weight excluding hydrogens is 424 g/mol. The van der Waals surface area contributed by atoms with Crippen LogP contribution < -0.4 is 0 Å². The van der Waals surface area contributed by atoms with Crippen molar-refractivity contribution in [2.45, 2.75) is 25.7 Å². The lowest BCUT2D eigenvalue weighted by atomic mass is 9.91. The van der Waals surface area contributed by atoms with Crippen LogP contribution in [0.4, 0.5) is 0 Å². The number of hydrogen-bond donors (Lipinski definition) is 0. The van der Waals surface area contributed by atoms with Gasteiger partial charge in [0.1, 0.15) is 0 Å². The van der Waals surface area contributed by atoms with Gasteiger partial charge in [-0.05, 0) is 48.2 Å². The second-order valence-corrected chi connectivity index (χ2v) is 8.31. The molecule has 0 aromatic heterocycles. The van der Waals surface area contributed by atoms with Gasteiger partial charge in [-0.25, -0.2) is 0 Å². The van der Waals surface area contributed by atoms with E-state index in [1.807, 2.05) is 0 Å². The Balaban J connectivity index is 1.69. The first kappa shape index (κ1) is 16.1. The molecule has 0 saturated heterocycles. The van der Waals surface area contributed by atoms with Gasteiger partial charge in [-0.1, -0.05) is 91.6 Å². The van der Waals surface area contributed by atoms with Gasteiger partial charge in [-0.2, -0.15) is 0 Å². The van der Waals surface area contributed by atoms with Crippen molar-refractivity contribution in [3.8, 4) is 0 Å². The highest BCUT2D eigenvalue weighted by molar-refractivity contribution is 9.10. The Bertz CT molecular complexity index is 840. The van der Waals surface area contributed by atoms with E-state index >= 15 is 0 Å². The van der Waals surface area contributed by atoms with Crippen molar-refractivity contribution in [3.05, 3.63) is 90.9 Å². The molecule has 2 aliphatic carbocycles. The molecule has 120 valence electrons. The first-order valence-corrected chi connectivity index (χ1v) is 9.76. The fraction of sp³-hybridized carbons (Fsp3) is 0.182. The van der Waals surface area contributed by atoms with Crippen molar-refractivity contribution >= 4 is 44.0 Å². The molecule has 0 amide bonds. The molecule has 2 unspecified atom stereocenters. The fourth-order valence-corrected chi connectivity index (χ4v) is 4.80. The largest absolute Gasteiger partial charge is 0.0760 e. The van der Waals surface area contributed by atoms with Gasteiger partial charge < -0.3 is 0 Å². The maximum Gasteiger partial charge on any atom is 0.0250 e. The van der Waals surface area contributed by atoms with Gasteiger partial charge in [-0.15, -0.1) is 0 Å². The van der Waals surface area contributed by atoms with Crippen molar-refractivity contribution in [2.24, 2.45) is 0 Å². The molecule has 2 aromatic rings. The smallest absolute Gasteiger partial charge is 0.0250 e. The predicted octanol–water partition coefficient (Wildman–Crippen LogP) is 7.47. The van der Waals surface area contributed by atoms with Crippen LogP contribution >= 0.6 is 31.9 Å². The second-order valence-electron chi connectivity index (χ2n) is 6.60. The third kappa shape index (κ3) is 2.57. The van der Waals surface area contributed by atoms with Crippen LogP contribution in [0.25, 0.3) is 12.2 Å². The highest BCUT2D eigenvalue weighted by atomic mass is 79.9. The molecule has 0 radical (unpaired) electrons. The van der Waals surface area contributed by atoms with Crippen LogP contribution in [0, 0.1) is 0 Å². The van der Waals surface area contributed by atoms with E-state index in [2.05, 4.69) is 106 Å². The number of benzene rings is 2. The molecule has 0 heterocycles. The first-order valence-electron chi connectivity index (χ1n) is 8.18. The van der Waals surface area contributed by atoms with Gasteiger partial charge in [0.25, 0.3) is 0 Å². The van der Waals surface area contributed by atoms with Crippen LogP contribution in [-0.4, -0.2) is 0 Å². The molecule has 24 heavy (non-hydrogen) atoms. The number of halogens is 2. The first-order chi connectivity index (χ1) is 11.6. The Hall–Kier alpha value is -1.38. The lowest BCUT2D eigenvalue weighted by Crippen LogP contribution is -1.97. The lowest BCUT2D eigenvalue weighted by molar-refractivity contribution is 0.970. The second kappa shape index (κ2) is 6.16. The Morgan fingerprint density at radius 2 is 1.12 bits per heavy atom. The van der Waals surface area contributed by atoms with E-state index in [4.69, 9.17) is 0 Å². The van der Waals surface area contributed by atoms with Crippen LogP contribution in [0.1, 0.15) is 47.9 Å². The molecule has 0 saturated carbocycles. The molecule has 0 N–H and O–H groups in total. The summed E-state index contributed by atoms with van der Waals surface area (Å²) in [6.07, 6.45) is 9.36. The van der Waals surface area contributed by atoms with E-state index in [0.29, 0.717) is 11.8 Å². The highest BCUT2D eigenvalue weighted by Gasteiger charge is 2.24.